The second kappa shape index (κ2) is 19.6. The van der Waals surface area contributed by atoms with Crippen LogP contribution in [0.5, 0.6) is 0 Å². The van der Waals surface area contributed by atoms with Crippen LogP contribution in [0.4, 0.5) is 0 Å². The second-order valence-electron chi connectivity index (χ2n) is 6.62. The van der Waals surface area contributed by atoms with Crippen LogP contribution in [0.1, 0.15) is 41.0 Å². The first-order valence-corrected chi connectivity index (χ1v) is 9.03. The summed E-state index contributed by atoms with van der Waals surface area (Å²) in [6, 6.07) is 0. The van der Waals surface area contributed by atoms with Crippen molar-refractivity contribution in [1.29, 1.82) is 0 Å². The van der Waals surface area contributed by atoms with Crippen molar-refractivity contribution < 1.29 is 38.4 Å². The number of carbonyl (C=O) groups excluding carboxylic acids is 3. The fourth-order valence-corrected chi connectivity index (χ4v) is 1.59. The number of aliphatic hydroxyl groups is 1. The summed E-state index contributed by atoms with van der Waals surface area (Å²) in [6.07, 6.45) is 5.99. The van der Waals surface area contributed by atoms with E-state index in [4.69, 9.17) is 19.3 Å². The van der Waals surface area contributed by atoms with Gasteiger partial charge in [0.05, 0.1) is 5.60 Å². The summed E-state index contributed by atoms with van der Waals surface area (Å²) >= 11 is 0. The largest absolute Gasteiger partial charge is 0.375 e. The first-order chi connectivity index (χ1) is 13.4. The fourth-order valence-electron chi connectivity index (χ4n) is 1.59. The molecule has 0 aromatic rings. The number of methoxy groups -OCH3 is 4. The van der Waals surface area contributed by atoms with Crippen LogP contribution < -0.4 is 0 Å². The van der Waals surface area contributed by atoms with E-state index < -0.39 is 12.6 Å². The third-order valence-electron chi connectivity index (χ3n) is 3.39. The molecule has 0 bridgehead atoms. The summed E-state index contributed by atoms with van der Waals surface area (Å²) in [5.74, 6) is -0.0507. The molecule has 0 aromatic heterocycles. The molecule has 0 spiro atoms. The molecule has 29 heavy (non-hydrogen) atoms. The number of Topliss-reactive ketones (excluding diaryl/α,β-unsaturated/α-hetero) is 1. The van der Waals surface area contributed by atoms with Crippen molar-refractivity contribution in [3.8, 4) is 0 Å². The van der Waals surface area contributed by atoms with Gasteiger partial charge in [-0.1, -0.05) is 13.0 Å². The van der Waals surface area contributed by atoms with Crippen LogP contribution in [0.2, 0.25) is 0 Å². The van der Waals surface area contributed by atoms with E-state index in [1.807, 2.05) is 13.8 Å². The van der Waals surface area contributed by atoms with Gasteiger partial charge in [0.25, 0.3) is 0 Å². The highest BCUT2D eigenvalue weighted by molar-refractivity contribution is 5.87. The predicted molar refractivity (Wildman–Crippen MR) is 111 cm³/mol. The number of ether oxygens (including phenoxy) is 4. The molecular weight excluding hydrogens is 380 g/mol. The molecule has 0 aromatic carbocycles. The molecule has 0 rings (SSSR count). The molecule has 2 atom stereocenters. The number of rotatable bonds is 11. The normalized spacial score (nSPS) is 13.3. The molecule has 0 aliphatic heterocycles. The highest BCUT2D eigenvalue weighted by Gasteiger charge is 2.14. The third kappa shape index (κ3) is 24.3. The van der Waals surface area contributed by atoms with Gasteiger partial charge < -0.3 is 28.8 Å². The van der Waals surface area contributed by atoms with Crippen molar-refractivity contribution in [1.82, 2.24) is 0 Å². The fraction of sp³-hybridized carbons (Fsp3) is 0.667. The molecule has 2 unspecified atom stereocenters. The Morgan fingerprint density at radius 2 is 1.55 bits per heavy atom. The van der Waals surface area contributed by atoms with Crippen LogP contribution in [0, 0.1) is 5.92 Å². The number of aldehydes is 1. The minimum atomic E-state index is -0.816. The number of allylic oxidation sites excluding steroid dienone is 2. The molecule has 0 saturated heterocycles. The zero-order valence-electron chi connectivity index (χ0n) is 19.1. The Hall–Kier alpha value is -1.71. The lowest BCUT2D eigenvalue weighted by atomic mass is 10.1. The highest BCUT2D eigenvalue weighted by atomic mass is 16.7. The molecule has 0 heterocycles. The van der Waals surface area contributed by atoms with Crippen LogP contribution in [0.25, 0.3) is 0 Å². The Labute approximate surface area is 174 Å². The van der Waals surface area contributed by atoms with Gasteiger partial charge in [0.15, 0.2) is 18.4 Å². The Balaban J connectivity index is -0.000000350. The molecular formula is C21H38O8. The maximum atomic E-state index is 10.5. The molecule has 170 valence electrons. The van der Waals surface area contributed by atoms with E-state index in [1.54, 1.807) is 26.2 Å². The van der Waals surface area contributed by atoms with E-state index >= 15 is 0 Å². The molecule has 8 heteroatoms. The summed E-state index contributed by atoms with van der Waals surface area (Å²) in [4.78, 5) is 30.7. The number of carbonyl (C=O) groups is 3. The average Bonchev–Trinajstić information content (AvgIpc) is 2.66. The number of ketones is 2. The quantitative estimate of drug-likeness (QED) is 0.310. The molecule has 0 saturated carbocycles. The Bertz CT molecular complexity index is 493. The van der Waals surface area contributed by atoms with Gasteiger partial charge >= 0.3 is 0 Å². The number of hydrogen-bond acceptors (Lipinski definition) is 8. The summed E-state index contributed by atoms with van der Waals surface area (Å²) < 4.78 is 19.2. The Kier molecular flexibility index (Phi) is 21.6. The lowest BCUT2D eigenvalue weighted by molar-refractivity contribution is -0.129. The topological polar surface area (TPSA) is 108 Å². The van der Waals surface area contributed by atoms with Crippen LogP contribution in [0.15, 0.2) is 24.3 Å². The highest BCUT2D eigenvalue weighted by Crippen LogP contribution is 2.08. The van der Waals surface area contributed by atoms with Gasteiger partial charge in [0.2, 0.25) is 0 Å². The molecule has 0 amide bonds. The van der Waals surface area contributed by atoms with E-state index in [0.29, 0.717) is 6.42 Å². The van der Waals surface area contributed by atoms with Gasteiger partial charge in [-0.3, -0.25) is 9.59 Å². The maximum absolute atomic E-state index is 10.5. The van der Waals surface area contributed by atoms with Crippen molar-refractivity contribution >= 4 is 17.9 Å². The molecule has 8 nitrogen and oxygen atoms in total. The molecule has 0 radical (unpaired) electrons. The first kappa shape index (κ1) is 32.0. The van der Waals surface area contributed by atoms with Crippen molar-refractivity contribution in [3.05, 3.63) is 24.3 Å². The zero-order valence-corrected chi connectivity index (χ0v) is 19.1. The smallest absolute Gasteiger partial charge is 0.176 e. The van der Waals surface area contributed by atoms with E-state index in [2.05, 4.69) is 4.74 Å². The lowest BCUT2D eigenvalue weighted by Crippen LogP contribution is -2.21. The van der Waals surface area contributed by atoms with Crippen LogP contribution in [-0.4, -0.2) is 69.6 Å². The third-order valence-corrected chi connectivity index (χ3v) is 3.39. The van der Waals surface area contributed by atoms with Gasteiger partial charge in [0, 0.05) is 40.8 Å². The maximum Gasteiger partial charge on any atom is 0.176 e. The minimum Gasteiger partial charge on any atom is -0.375 e. The SMILES string of the molecule is COC(/C=C\C(C)=O)OC.COC(C)(C)/C=C\C=O.COC(O)C(C)CC(C)=O. The van der Waals surface area contributed by atoms with Crippen molar-refractivity contribution in [3.63, 3.8) is 0 Å². The van der Waals surface area contributed by atoms with Crippen LogP contribution >= 0.6 is 0 Å². The Morgan fingerprint density at radius 3 is 1.86 bits per heavy atom. The second-order valence-corrected chi connectivity index (χ2v) is 6.62. The standard InChI is InChI=1S/C7H12O3.C7H14O3.C7H12O2/c1-6(8)4-5-7(9-2)10-3;1-5(4-6(2)8)7(9)10-3;1-7(2,9-3)5-4-6-8/h4-5,7H,1-3H3;5,7,9H,4H2,1-3H3;4-6H,1-3H3/b5-4-;;5-4-. The molecule has 0 aliphatic rings. The number of hydrogen-bond donors (Lipinski definition) is 1. The summed E-state index contributed by atoms with van der Waals surface area (Å²) in [6.45, 7) is 8.51. The monoisotopic (exact) mass is 418 g/mol. The zero-order chi connectivity index (χ0) is 23.5. The summed E-state index contributed by atoms with van der Waals surface area (Å²) in [5.41, 5.74) is -0.319. The van der Waals surface area contributed by atoms with Crippen molar-refractivity contribution in [2.45, 2.75) is 59.2 Å². The van der Waals surface area contributed by atoms with E-state index in [9.17, 15) is 14.4 Å². The van der Waals surface area contributed by atoms with Gasteiger partial charge in [-0.2, -0.15) is 0 Å². The van der Waals surface area contributed by atoms with Crippen molar-refractivity contribution in [2.75, 3.05) is 28.4 Å². The minimum absolute atomic E-state index is 0.0147. The summed E-state index contributed by atoms with van der Waals surface area (Å²) in [7, 11) is 6.05. The van der Waals surface area contributed by atoms with Gasteiger partial charge in [-0.15, -0.1) is 0 Å². The van der Waals surface area contributed by atoms with E-state index in [1.165, 1.54) is 47.3 Å². The molecule has 1 N–H and O–H groups in total. The lowest BCUT2D eigenvalue weighted by Gasteiger charge is -2.16. The van der Waals surface area contributed by atoms with E-state index in [0.717, 1.165) is 6.29 Å². The average molecular weight is 419 g/mol. The van der Waals surface area contributed by atoms with Crippen LogP contribution in [0.3, 0.4) is 0 Å². The summed E-state index contributed by atoms with van der Waals surface area (Å²) in [5, 5.41) is 9.00. The van der Waals surface area contributed by atoms with Gasteiger partial charge in [0.1, 0.15) is 12.1 Å². The van der Waals surface area contributed by atoms with Gasteiger partial charge in [-0.05, 0) is 45.9 Å². The molecule has 0 fully saturated rings. The predicted octanol–water partition coefficient (Wildman–Crippen LogP) is 2.48. The van der Waals surface area contributed by atoms with E-state index in [-0.39, 0.29) is 23.1 Å². The van der Waals surface area contributed by atoms with Gasteiger partial charge in [-0.25, -0.2) is 0 Å². The van der Waals surface area contributed by atoms with Crippen LogP contribution in [-0.2, 0) is 33.3 Å². The first-order valence-electron chi connectivity index (χ1n) is 9.03. The Morgan fingerprint density at radius 1 is 1.03 bits per heavy atom. The number of aliphatic hydroxyl groups excluding tert-OH is 1. The van der Waals surface area contributed by atoms with Crippen molar-refractivity contribution in [2.24, 2.45) is 5.92 Å². The molecule has 0 aliphatic carbocycles.